The number of phenolic OH excluding ortho intramolecular Hbond substituents is 1. The molecule has 2 N–H and O–H groups in total. The Labute approximate surface area is 176 Å². The molecular weight excluding hydrogens is 374 g/mol. The normalized spacial score (nSPS) is 21.4. The SMILES string of the molecule is COc1cc(C2Nc3c(OCc4ccccc4)cccc3C3C=CCC32)ccc1O. The fraction of sp³-hybridized carbons (Fsp3) is 0.231. The number of allylic oxidation sites excluding steroid dienone is 2. The molecule has 3 atom stereocenters. The monoisotopic (exact) mass is 399 g/mol. The van der Waals surface area contributed by atoms with Crippen LogP contribution in [0, 0.1) is 5.92 Å². The first-order valence-electron chi connectivity index (χ1n) is 10.3. The number of ether oxygens (including phenoxy) is 2. The van der Waals surface area contributed by atoms with E-state index in [1.165, 1.54) is 5.56 Å². The predicted octanol–water partition coefficient (Wildman–Crippen LogP) is 5.81. The molecule has 3 aromatic carbocycles. The molecule has 1 aliphatic carbocycles. The molecule has 0 saturated carbocycles. The minimum atomic E-state index is 0.105. The zero-order valence-electron chi connectivity index (χ0n) is 16.9. The minimum absolute atomic E-state index is 0.105. The Hall–Kier alpha value is -3.40. The molecular formula is C26H25NO3. The van der Waals surface area contributed by atoms with E-state index in [0.29, 0.717) is 24.2 Å². The number of para-hydroxylation sites is 1. The number of anilines is 1. The minimum Gasteiger partial charge on any atom is -0.504 e. The lowest BCUT2D eigenvalue weighted by Gasteiger charge is -2.38. The molecule has 1 aliphatic heterocycles. The van der Waals surface area contributed by atoms with Gasteiger partial charge in [0.1, 0.15) is 12.4 Å². The molecule has 0 radical (unpaired) electrons. The van der Waals surface area contributed by atoms with Crippen LogP contribution in [0.1, 0.15) is 35.1 Å². The second-order valence-electron chi connectivity index (χ2n) is 7.90. The Kier molecular flexibility index (Phi) is 4.83. The lowest BCUT2D eigenvalue weighted by atomic mass is 9.77. The highest BCUT2D eigenvalue weighted by Crippen LogP contribution is 2.52. The average Bonchev–Trinajstić information content (AvgIpc) is 3.28. The highest BCUT2D eigenvalue weighted by atomic mass is 16.5. The lowest BCUT2D eigenvalue weighted by Crippen LogP contribution is -2.29. The topological polar surface area (TPSA) is 50.7 Å². The van der Waals surface area contributed by atoms with E-state index in [1.54, 1.807) is 13.2 Å². The van der Waals surface area contributed by atoms with Crippen molar-refractivity contribution in [1.82, 2.24) is 0 Å². The molecule has 5 rings (SSSR count). The molecule has 0 bridgehead atoms. The fourth-order valence-corrected chi connectivity index (χ4v) is 4.67. The van der Waals surface area contributed by atoms with Crippen molar-refractivity contribution in [3.63, 3.8) is 0 Å². The van der Waals surface area contributed by atoms with Crippen molar-refractivity contribution in [3.8, 4) is 17.2 Å². The Morgan fingerprint density at radius 2 is 1.87 bits per heavy atom. The number of phenols is 1. The van der Waals surface area contributed by atoms with Gasteiger partial charge in [0.2, 0.25) is 0 Å². The largest absolute Gasteiger partial charge is 0.504 e. The van der Waals surface area contributed by atoms with Crippen molar-refractivity contribution in [1.29, 1.82) is 0 Å². The van der Waals surface area contributed by atoms with Crippen LogP contribution < -0.4 is 14.8 Å². The van der Waals surface area contributed by atoms with Crippen LogP contribution in [0.2, 0.25) is 0 Å². The van der Waals surface area contributed by atoms with Gasteiger partial charge in [-0.1, -0.05) is 60.7 Å². The Bertz CT molecular complexity index is 1080. The number of rotatable bonds is 5. The van der Waals surface area contributed by atoms with Gasteiger partial charge in [-0.05, 0) is 47.2 Å². The van der Waals surface area contributed by atoms with Crippen LogP contribution in [0.5, 0.6) is 17.2 Å². The summed E-state index contributed by atoms with van der Waals surface area (Å²) in [5.74, 6) is 2.27. The number of benzene rings is 3. The quantitative estimate of drug-likeness (QED) is 0.532. The molecule has 0 spiro atoms. The summed E-state index contributed by atoms with van der Waals surface area (Å²) in [4.78, 5) is 0. The fourth-order valence-electron chi connectivity index (χ4n) is 4.67. The van der Waals surface area contributed by atoms with Gasteiger partial charge in [-0.25, -0.2) is 0 Å². The molecule has 152 valence electrons. The van der Waals surface area contributed by atoms with E-state index in [1.807, 2.05) is 36.4 Å². The zero-order valence-corrected chi connectivity index (χ0v) is 16.9. The molecule has 4 nitrogen and oxygen atoms in total. The molecule has 3 aromatic rings. The maximum atomic E-state index is 10.0. The lowest BCUT2D eigenvalue weighted by molar-refractivity contribution is 0.304. The summed E-state index contributed by atoms with van der Waals surface area (Å²) >= 11 is 0. The number of hydrogen-bond acceptors (Lipinski definition) is 4. The standard InChI is InChI=1S/C26H25NO3/c1-29-24-15-18(13-14-22(24)28)25-20-10-5-9-19(20)21-11-6-12-23(26(21)27-25)30-16-17-7-3-2-4-8-17/h2-9,11-15,19-20,25,27-28H,10,16H2,1H3. The van der Waals surface area contributed by atoms with Gasteiger partial charge in [-0.2, -0.15) is 0 Å². The van der Waals surface area contributed by atoms with Crippen molar-refractivity contribution in [3.05, 3.63) is 95.6 Å². The summed E-state index contributed by atoms with van der Waals surface area (Å²) in [5.41, 5.74) is 4.58. The third-order valence-corrected chi connectivity index (χ3v) is 6.16. The van der Waals surface area contributed by atoms with Gasteiger partial charge in [0.25, 0.3) is 0 Å². The summed E-state index contributed by atoms with van der Waals surface area (Å²) in [5, 5.41) is 13.8. The number of methoxy groups -OCH3 is 1. The number of aromatic hydroxyl groups is 1. The molecule has 2 aliphatic rings. The first-order valence-corrected chi connectivity index (χ1v) is 10.3. The molecule has 0 amide bonds. The van der Waals surface area contributed by atoms with Crippen LogP contribution >= 0.6 is 0 Å². The Morgan fingerprint density at radius 3 is 2.70 bits per heavy atom. The van der Waals surface area contributed by atoms with Crippen molar-refractivity contribution in [2.45, 2.75) is 25.0 Å². The summed E-state index contributed by atoms with van der Waals surface area (Å²) in [6.45, 7) is 0.528. The Balaban J connectivity index is 1.50. The van der Waals surface area contributed by atoms with Gasteiger partial charge >= 0.3 is 0 Å². The first kappa shape index (κ1) is 18.6. The van der Waals surface area contributed by atoms with Crippen molar-refractivity contribution in [2.75, 3.05) is 12.4 Å². The van der Waals surface area contributed by atoms with E-state index < -0.39 is 0 Å². The van der Waals surface area contributed by atoms with E-state index >= 15 is 0 Å². The molecule has 30 heavy (non-hydrogen) atoms. The maximum absolute atomic E-state index is 10.0. The van der Waals surface area contributed by atoms with Crippen LogP contribution in [-0.4, -0.2) is 12.2 Å². The van der Waals surface area contributed by atoms with Crippen LogP contribution in [0.3, 0.4) is 0 Å². The van der Waals surface area contributed by atoms with Crippen LogP contribution in [0.15, 0.2) is 78.9 Å². The third-order valence-electron chi connectivity index (χ3n) is 6.16. The molecule has 4 heteroatoms. The van der Waals surface area contributed by atoms with Gasteiger partial charge < -0.3 is 19.9 Å². The van der Waals surface area contributed by atoms with Gasteiger partial charge in [-0.3, -0.25) is 0 Å². The number of hydrogen-bond donors (Lipinski definition) is 2. The third kappa shape index (κ3) is 3.28. The van der Waals surface area contributed by atoms with Crippen LogP contribution in [0.4, 0.5) is 5.69 Å². The molecule has 3 unspecified atom stereocenters. The number of nitrogens with one attached hydrogen (secondary N) is 1. The van der Waals surface area contributed by atoms with E-state index in [0.717, 1.165) is 29.0 Å². The van der Waals surface area contributed by atoms with Gasteiger partial charge in [0, 0.05) is 5.92 Å². The van der Waals surface area contributed by atoms with Crippen molar-refractivity contribution in [2.24, 2.45) is 5.92 Å². The van der Waals surface area contributed by atoms with Crippen molar-refractivity contribution >= 4 is 5.69 Å². The highest BCUT2D eigenvalue weighted by Gasteiger charge is 2.39. The average molecular weight is 399 g/mol. The van der Waals surface area contributed by atoms with Gasteiger partial charge in [-0.15, -0.1) is 0 Å². The van der Waals surface area contributed by atoms with E-state index in [2.05, 4.69) is 41.7 Å². The van der Waals surface area contributed by atoms with Gasteiger partial charge in [0.15, 0.2) is 11.5 Å². The summed E-state index contributed by atoms with van der Waals surface area (Å²) < 4.78 is 11.6. The molecule has 0 aromatic heterocycles. The van der Waals surface area contributed by atoms with E-state index in [9.17, 15) is 5.11 Å². The number of fused-ring (bicyclic) bond motifs is 3. The zero-order chi connectivity index (χ0) is 20.5. The molecule has 0 fully saturated rings. The second-order valence-corrected chi connectivity index (χ2v) is 7.90. The van der Waals surface area contributed by atoms with Crippen LogP contribution in [0.25, 0.3) is 0 Å². The van der Waals surface area contributed by atoms with E-state index in [-0.39, 0.29) is 11.8 Å². The first-order chi connectivity index (χ1) is 14.7. The molecule has 1 heterocycles. The summed E-state index contributed by atoms with van der Waals surface area (Å²) in [6, 6.07) is 22.2. The maximum Gasteiger partial charge on any atom is 0.160 e. The Morgan fingerprint density at radius 1 is 1.00 bits per heavy atom. The second kappa shape index (κ2) is 7.79. The molecule has 0 saturated heterocycles. The van der Waals surface area contributed by atoms with Crippen molar-refractivity contribution < 1.29 is 14.6 Å². The smallest absolute Gasteiger partial charge is 0.160 e. The summed E-state index contributed by atoms with van der Waals surface area (Å²) in [7, 11) is 1.58. The van der Waals surface area contributed by atoms with Gasteiger partial charge in [0.05, 0.1) is 18.8 Å². The predicted molar refractivity (Wildman–Crippen MR) is 118 cm³/mol. The van der Waals surface area contributed by atoms with E-state index in [4.69, 9.17) is 9.47 Å². The highest BCUT2D eigenvalue weighted by molar-refractivity contribution is 5.68. The van der Waals surface area contributed by atoms with Crippen LogP contribution in [-0.2, 0) is 6.61 Å². The summed E-state index contributed by atoms with van der Waals surface area (Å²) in [6.07, 6.45) is 5.60.